The Morgan fingerprint density at radius 2 is 2.05 bits per heavy atom. The highest BCUT2D eigenvalue weighted by Gasteiger charge is 2.20. The van der Waals surface area contributed by atoms with Crippen LogP contribution in [0.25, 0.3) is 10.9 Å². The highest BCUT2D eigenvalue weighted by Crippen LogP contribution is 2.30. The van der Waals surface area contributed by atoms with Gasteiger partial charge in [-0.3, -0.25) is 4.79 Å². The number of hydrogen-bond donors (Lipinski definition) is 1. The van der Waals surface area contributed by atoms with Gasteiger partial charge in [0.2, 0.25) is 5.43 Å². The SMILES string of the molecule is CCn1cc(C(=O)OC)c(=O)c2c(O)ccc(OC)c21. The zero-order valence-electron chi connectivity index (χ0n) is 11.5. The molecule has 0 atom stereocenters. The van der Waals surface area contributed by atoms with Crippen LogP contribution in [0, 0.1) is 0 Å². The van der Waals surface area contributed by atoms with Gasteiger partial charge >= 0.3 is 5.97 Å². The summed E-state index contributed by atoms with van der Waals surface area (Å²) in [6, 6.07) is 2.94. The van der Waals surface area contributed by atoms with E-state index in [1.807, 2.05) is 6.92 Å². The number of pyridine rings is 1. The Hall–Kier alpha value is -2.50. The second-order valence-corrected chi connectivity index (χ2v) is 4.16. The van der Waals surface area contributed by atoms with Crippen LogP contribution in [0.3, 0.4) is 0 Å². The minimum atomic E-state index is -0.735. The topological polar surface area (TPSA) is 77.8 Å². The lowest BCUT2D eigenvalue weighted by atomic mass is 10.1. The number of esters is 1. The molecule has 0 saturated heterocycles. The molecule has 1 aromatic heterocycles. The smallest absolute Gasteiger partial charge is 0.343 e. The van der Waals surface area contributed by atoms with Gasteiger partial charge in [-0.15, -0.1) is 0 Å². The molecule has 6 nitrogen and oxygen atoms in total. The summed E-state index contributed by atoms with van der Waals surface area (Å²) in [4.78, 5) is 24.0. The molecule has 0 aliphatic heterocycles. The first-order valence-electron chi connectivity index (χ1n) is 6.06. The van der Waals surface area contributed by atoms with Gasteiger partial charge in [-0.1, -0.05) is 0 Å². The van der Waals surface area contributed by atoms with Gasteiger partial charge in [0.1, 0.15) is 17.1 Å². The Morgan fingerprint density at radius 3 is 2.60 bits per heavy atom. The Morgan fingerprint density at radius 1 is 1.35 bits per heavy atom. The number of fused-ring (bicyclic) bond motifs is 1. The van der Waals surface area contributed by atoms with Gasteiger partial charge in [0, 0.05) is 12.7 Å². The minimum Gasteiger partial charge on any atom is -0.507 e. The largest absolute Gasteiger partial charge is 0.507 e. The van der Waals surface area contributed by atoms with Gasteiger partial charge in [0.15, 0.2) is 0 Å². The van der Waals surface area contributed by atoms with E-state index in [-0.39, 0.29) is 16.7 Å². The molecule has 0 spiro atoms. The van der Waals surface area contributed by atoms with E-state index in [4.69, 9.17) is 4.74 Å². The van der Waals surface area contributed by atoms with Crippen molar-refractivity contribution >= 4 is 16.9 Å². The van der Waals surface area contributed by atoms with Crippen molar-refractivity contribution in [3.8, 4) is 11.5 Å². The molecule has 1 N–H and O–H groups in total. The van der Waals surface area contributed by atoms with Crippen molar-refractivity contribution in [2.45, 2.75) is 13.5 Å². The molecule has 20 heavy (non-hydrogen) atoms. The van der Waals surface area contributed by atoms with Crippen molar-refractivity contribution in [3.63, 3.8) is 0 Å². The summed E-state index contributed by atoms with van der Waals surface area (Å²) in [5, 5.41) is 10.00. The third-order valence-electron chi connectivity index (χ3n) is 3.13. The van der Waals surface area contributed by atoms with Crippen LogP contribution < -0.4 is 10.2 Å². The summed E-state index contributed by atoms with van der Waals surface area (Å²) in [7, 11) is 2.68. The number of phenolic OH excluding ortho intramolecular Hbond substituents is 1. The summed E-state index contributed by atoms with van der Waals surface area (Å²) < 4.78 is 11.5. The van der Waals surface area contributed by atoms with Crippen LogP contribution in [0.4, 0.5) is 0 Å². The zero-order valence-corrected chi connectivity index (χ0v) is 11.5. The van der Waals surface area contributed by atoms with Gasteiger partial charge in [0.25, 0.3) is 0 Å². The molecule has 0 aliphatic rings. The maximum atomic E-state index is 12.4. The molecule has 0 radical (unpaired) electrons. The number of ether oxygens (including phenoxy) is 2. The van der Waals surface area contributed by atoms with E-state index in [9.17, 15) is 14.7 Å². The number of carbonyl (C=O) groups is 1. The summed E-state index contributed by atoms with van der Waals surface area (Å²) in [5.41, 5.74) is -0.244. The molecule has 0 amide bonds. The third-order valence-corrected chi connectivity index (χ3v) is 3.13. The predicted molar refractivity (Wildman–Crippen MR) is 73.4 cm³/mol. The first-order valence-corrected chi connectivity index (χ1v) is 6.06. The number of aryl methyl sites for hydroxylation is 1. The fourth-order valence-electron chi connectivity index (χ4n) is 2.15. The van der Waals surface area contributed by atoms with Crippen LogP contribution in [0.1, 0.15) is 17.3 Å². The summed E-state index contributed by atoms with van der Waals surface area (Å²) in [6.07, 6.45) is 1.42. The van der Waals surface area contributed by atoms with E-state index >= 15 is 0 Å². The van der Waals surface area contributed by atoms with Crippen molar-refractivity contribution in [3.05, 3.63) is 34.1 Å². The van der Waals surface area contributed by atoms with E-state index in [1.165, 1.54) is 26.5 Å². The first-order chi connectivity index (χ1) is 9.54. The lowest BCUT2D eigenvalue weighted by Gasteiger charge is -2.14. The highest BCUT2D eigenvalue weighted by atomic mass is 16.5. The number of nitrogens with zero attached hydrogens (tertiary/aromatic N) is 1. The molecule has 0 aliphatic carbocycles. The monoisotopic (exact) mass is 277 g/mol. The number of rotatable bonds is 3. The van der Waals surface area contributed by atoms with Crippen molar-refractivity contribution < 1.29 is 19.4 Å². The number of benzene rings is 1. The van der Waals surface area contributed by atoms with Crippen molar-refractivity contribution in [1.29, 1.82) is 0 Å². The molecule has 0 saturated carbocycles. The number of aromatic hydroxyl groups is 1. The minimum absolute atomic E-state index is 0.0501. The van der Waals surface area contributed by atoms with Crippen LogP contribution in [0.15, 0.2) is 23.1 Å². The van der Waals surface area contributed by atoms with Crippen LogP contribution in [0.2, 0.25) is 0 Å². The lowest BCUT2D eigenvalue weighted by Crippen LogP contribution is -2.20. The average molecular weight is 277 g/mol. The first kappa shape index (κ1) is 13.9. The Kier molecular flexibility index (Phi) is 3.65. The van der Waals surface area contributed by atoms with Crippen LogP contribution >= 0.6 is 0 Å². The molecular weight excluding hydrogens is 262 g/mol. The second kappa shape index (κ2) is 5.24. The van der Waals surface area contributed by atoms with Crippen molar-refractivity contribution in [1.82, 2.24) is 4.57 Å². The van der Waals surface area contributed by atoms with Gasteiger partial charge in [-0.2, -0.15) is 0 Å². The quantitative estimate of drug-likeness (QED) is 0.861. The van der Waals surface area contributed by atoms with Crippen molar-refractivity contribution in [2.75, 3.05) is 14.2 Å². The van der Waals surface area contributed by atoms with E-state index in [0.29, 0.717) is 17.8 Å². The van der Waals surface area contributed by atoms with E-state index in [2.05, 4.69) is 4.74 Å². The Balaban J connectivity index is 3.00. The molecule has 106 valence electrons. The van der Waals surface area contributed by atoms with Gasteiger partial charge in [-0.05, 0) is 19.1 Å². The Bertz CT molecular complexity index is 732. The maximum absolute atomic E-state index is 12.4. The Labute approximate surface area is 115 Å². The van der Waals surface area contributed by atoms with Crippen molar-refractivity contribution in [2.24, 2.45) is 0 Å². The van der Waals surface area contributed by atoms with E-state index < -0.39 is 11.4 Å². The highest BCUT2D eigenvalue weighted by molar-refractivity contribution is 5.97. The predicted octanol–water partition coefficient (Wildman–Crippen LogP) is 1.52. The third kappa shape index (κ3) is 1.99. The number of hydrogen-bond acceptors (Lipinski definition) is 5. The second-order valence-electron chi connectivity index (χ2n) is 4.16. The molecule has 1 heterocycles. The molecule has 2 aromatic rings. The van der Waals surface area contributed by atoms with E-state index in [1.54, 1.807) is 10.6 Å². The van der Waals surface area contributed by atoms with E-state index in [0.717, 1.165) is 0 Å². The molecule has 2 rings (SSSR count). The normalized spacial score (nSPS) is 10.6. The molecular formula is C14H15NO5. The zero-order chi connectivity index (χ0) is 14.9. The number of carbonyl (C=O) groups excluding carboxylic acids is 1. The maximum Gasteiger partial charge on any atom is 0.343 e. The van der Waals surface area contributed by atoms with Crippen LogP contribution in [-0.4, -0.2) is 29.9 Å². The summed E-state index contributed by atoms with van der Waals surface area (Å²) in [6.45, 7) is 2.36. The standard InChI is InChI=1S/C14H15NO5/c1-4-15-7-8(14(18)20-3)13(17)11-9(16)5-6-10(19-2)12(11)15/h5-7,16H,4H2,1-3H3. The molecule has 0 unspecified atom stereocenters. The molecule has 0 bridgehead atoms. The summed E-state index contributed by atoms with van der Waals surface area (Å²) >= 11 is 0. The molecule has 1 aromatic carbocycles. The van der Waals surface area contributed by atoms with Gasteiger partial charge in [-0.25, -0.2) is 4.79 Å². The number of phenols is 1. The lowest BCUT2D eigenvalue weighted by molar-refractivity contribution is 0.0598. The summed E-state index contributed by atoms with van der Waals surface area (Å²) in [5.74, 6) is -0.478. The van der Waals surface area contributed by atoms with Crippen LogP contribution in [0.5, 0.6) is 11.5 Å². The fourth-order valence-corrected chi connectivity index (χ4v) is 2.15. The van der Waals surface area contributed by atoms with Crippen LogP contribution in [-0.2, 0) is 11.3 Å². The van der Waals surface area contributed by atoms with Gasteiger partial charge < -0.3 is 19.1 Å². The average Bonchev–Trinajstić information content (AvgIpc) is 2.47. The number of methoxy groups -OCH3 is 2. The fraction of sp³-hybridized carbons (Fsp3) is 0.286. The van der Waals surface area contributed by atoms with Gasteiger partial charge in [0.05, 0.1) is 25.1 Å². The number of aromatic nitrogens is 1. The molecule has 0 fully saturated rings. The molecule has 6 heteroatoms.